The topological polar surface area (TPSA) is 64.6 Å². The first-order chi connectivity index (χ1) is 13.1. The van der Waals surface area contributed by atoms with E-state index in [1.807, 2.05) is 48.5 Å². The maximum absolute atomic E-state index is 12.9. The fraction of sp³-hybridized carbons (Fsp3) is 0.0909. The lowest BCUT2D eigenvalue weighted by molar-refractivity contribution is 0.0600. The van der Waals surface area contributed by atoms with Crippen LogP contribution in [0.25, 0.3) is 11.1 Å². The van der Waals surface area contributed by atoms with E-state index < -0.39 is 5.97 Å². The second-order valence-electron chi connectivity index (χ2n) is 5.77. The minimum atomic E-state index is -0.472. The summed E-state index contributed by atoms with van der Waals surface area (Å²) in [6, 6.07) is 21.8. The average molecular weight is 361 g/mol. The molecule has 3 aromatic rings. The third-order valence-electron chi connectivity index (χ3n) is 4.13. The number of rotatable bonds is 5. The summed E-state index contributed by atoms with van der Waals surface area (Å²) in [5.41, 5.74) is 3.15. The van der Waals surface area contributed by atoms with Gasteiger partial charge < -0.3 is 14.8 Å². The highest BCUT2D eigenvalue weighted by atomic mass is 16.5. The van der Waals surface area contributed by atoms with Crippen LogP contribution in [0.2, 0.25) is 0 Å². The highest BCUT2D eigenvalue weighted by molar-refractivity contribution is 6.09. The van der Waals surface area contributed by atoms with Crippen molar-refractivity contribution in [2.75, 3.05) is 19.5 Å². The van der Waals surface area contributed by atoms with Gasteiger partial charge >= 0.3 is 5.97 Å². The van der Waals surface area contributed by atoms with Gasteiger partial charge in [0.2, 0.25) is 0 Å². The molecule has 5 nitrogen and oxygen atoms in total. The van der Waals surface area contributed by atoms with Crippen molar-refractivity contribution in [3.8, 4) is 16.9 Å². The Labute approximate surface area is 157 Å². The number of nitrogens with one attached hydrogen (secondary N) is 1. The van der Waals surface area contributed by atoms with Gasteiger partial charge in [0.25, 0.3) is 5.91 Å². The molecule has 0 unspecified atom stereocenters. The van der Waals surface area contributed by atoms with Crippen molar-refractivity contribution in [3.05, 3.63) is 83.9 Å². The maximum Gasteiger partial charge on any atom is 0.337 e. The smallest absolute Gasteiger partial charge is 0.337 e. The molecule has 0 aliphatic carbocycles. The molecule has 1 amide bonds. The van der Waals surface area contributed by atoms with Crippen LogP contribution in [0.1, 0.15) is 20.7 Å². The Morgan fingerprint density at radius 3 is 2.26 bits per heavy atom. The van der Waals surface area contributed by atoms with Crippen LogP contribution in [-0.4, -0.2) is 26.1 Å². The van der Waals surface area contributed by atoms with Crippen LogP contribution < -0.4 is 10.1 Å². The lowest BCUT2D eigenvalue weighted by Gasteiger charge is -2.13. The van der Waals surface area contributed by atoms with Crippen LogP contribution in [0.3, 0.4) is 0 Å². The van der Waals surface area contributed by atoms with Crippen LogP contribution in [0, 0.1) is 0 Å². The summed E-state index contributed by atoms with van der Waals surface area (Å²) in [7, 11) is 2.79. The number of hydrogen-bond donors (Lipinski definition) is 1. The Hall–Kier alpha value is -3.60. The van der Waals surface area contributed by atoms with Gasteiger partial charge in [-0.05, 0) is 35.4 Å². The number of benzene rings is 3. The van der Waals surface area contributed by atoms with E-state index in [1.165, 1.54) is 20.3 Å². The number of carbonyl (C=O) groups is 2. The molecule has 0 fully saturated rings. The lowest BCUT2D eigenvalue weighted by Crippen LogP contribution is -2.14. The molecule has 0 heterocycles. The van der Waals surface area contributed by atoms with E-state index in [-0.39, 0.29) is 5.91 Å². The number of ether oxygens (including phenoxy) is 2. The molecule has 3 aromatic carbocycles. The van der Waals surface area contributed by atoms with Gasteiger partial charge in [0.15, 0.2) is 0 Å². The van der Waals surface area contributed by atoms with Gasteiger partial charge in [-0.1, -0.05) is 48.5 Å². The van der Waals surface area contributed by atoms with Crippen LogP contribution in [0.4, 0.5) is 5.69 Å². The van der Waals surface area contributed by atoms with Crippen molar-refractivity contribution in [1.82, 2.24) is 0 Å². The van der Waals surface area contributed by atoms with E-state index in [1.54, 1.807) is 18.2 Å². The van der Waals surface area contributed by atoms with E-state index >= 15 is 0 Å². The molecular formula is C22H19NO4. The summed E-state index contributed by atoms with van der Waals surface area (Å²) in [4.78, 5) is 24.6. The first kappa shape index (κ1) is 18.2. The van der Waals surface area contributed by atoms with Crippen molar-refractivity contribution in [2.24, 2.45) is 0 Å². The van der Waals surface area contributed by atoms with Gasteiger partial charge in [-0.15, -0.1) is 0 Å². The molecule has 0 bridgehead atoms. The number of anilines is 1. The van der Waals surface area contributed by atoms with Crippen LogP contribution in [-0.2, 0) is 4.74 Å². The predicted octanol–water partition coefficient (Wildman–Crippen LogP) is 4.40. The predicted molar refractivity (Wildman–Crippen MR) is 104 cm³/mol. The second kappa shape index (κ2) is 8.19. The minimum Gasteiger partial charge on any atom is -0.495 e. The third-order valence-corrected chi connectivity index (χ3v) is 4.13. The minimum absolute atomic E-state index is 0.265. The summed E-state index contributed by atoms with van der Waals surface area (Å²) in [6.07, 6.45) is 0. The molecule has 0 saturated heterocycles. The molecule has 0 aliphatic heterocycles. The number of amides is 1. The average Bonchev–Trinajstić information content (AvgIpc) is 2.74. The normalized spacial score (nSPS) is 10.1. The summed E-state index contributed by atoms with van der Waals surface area (Å²) >= 11 is 0. The molecule has 5 heteroatoms. The number of methoxy groups -OCH3 is 2. The van der Waals surface area contributed by atoms with Gasteiger partial charge in [0, 0.05) is 5.56 Å². The monoisotopic (exact) mass is 361 g/mol. The summed E-state index contributed by atoms with van der Waals surface area (Å²) < 4.78 is 10.0. The maximum atomic E-state index is 12.9. The Balaban J connectivity index is 1.92. The Kier molecular flexibility index (Phi) is 5.52. The third kappa shape index (κ3) is 3.98. The molecule has 0 saturated carbocycles. The Morgan fingerprint density at radius 2 is 1.56 bits per heavy atom. The number of carbonyl (C=O) groups excluding carboxylic acids is 2. The highest BCUT2D eigenvalue weighted by Gasteiger charge is 2.16. The highest BCUT2D eigenvalue weighted by Crippen LogP contribution is 2.28. The largest absolute Gasteiger partial charge is 0.495 e. The van der Waals surface area contributed by atoms with E-state index in [9.17, 15) is 9.59 Å². The Morgan fingerprint density at radius 1 is 0.852 bits per heavy atom. The Bertz CT molecular complexity index is 967. The first-order valence-electron chi connectivity index (χ1n) is 8.36. The van der Waals surface area contributed by atoms with Gasteiger partial charge in [-0.3, -0.25) is 4.79 Å². The quantitative estimate of drug-likeness (QED) is 0.684. The molecule has 0 spiro atoms. The van der Waals surface area contributed by atoms with Crippen molar-refractivity contribution >= 4 is 17.6 Å². The molecule has 0 atom stereocenters. The summed E-state index contributed by atoms with van der Waals surface area (Å²) in [6.45, 7) is 0. The summed E-state index contributed by atoms with van der Waals surface area (Å²) in [5, 5.41) is 2.86. The standard InChI is InChI=1S/C22H19NO4/c1-26-20-14-16(22(25)27-2)12-13-19(20)23-21(24)18-11-7-6-10-17(18)15-8-4-3-5-9-15/h3-14H,1-2H3,(H,23,24). The van der Waals surface area contributed by atoms with Gasteiger partial charge in [0.1, 0.15) is 5.75 Å². The molecular weight excluding hydrogens is 342 g/mol. The van der Waals surface area contributed by atoms with E-state index in [4.69, 9.17) is 9.47 Å². The zero-order chi connectivity index (χ0) is 19.2. The van der Waals surface area contributed by atoms with Crippen molar-refractivity contribution in [2.45, 2.75) is 0 Å². The molecule has 1 N–H and O–H groups in total. The zero-order valence-corrected chi connectivity index (χ0v) is 15.1. The van der Waals surface area contributed by atoms with E-state index in [0.717, 1.165) is 11.1 Å². The van der Waals surface area contributed by atoms with Crippen molar-refractivity contribution in [1.29, 1.82) is 0 Å². The van der Waals surface area contributed by atoms with Crippen LogP contribution >= 0.6 is 0 Å². The molecule has 3 rings (SSSR count). The van der Waals surface area contributed by atoms with Gasteiger partial charge in [0.05, 0.1) is 25.5 Å². The van der Waals surface area contributed by atoms with Crippen LogP contribution in [0.15, 0.2) is 72.8 Å². The molecule has 0 aromatic heterocycles. The van der Waals surface area contributed by atoms with E-state index in [2.05, 4.69) is 5.32 Å². The SMILES string of the molecule is COC(=O)c1ccc(NC(=O)c2ccccc2-c2ccccc2)c(OC)c1. The molecule has 27 heavy (non-hydrogen) atoms. The zero-order valence-electron chi connectivity index (χ0n) is 15.1. The number of hydrogen-bond acceptors (Lipinski definition) is 4. The van der Waals surface area contributed by atoms with Crippen LogP contribution in [0.5, 0.6) is 5.75 Å². The first-order valence-corrected chi connectivity index (χ1v) is 8.36. The second-order valence-corrected chi connectivity index (χ2v) is 5.77. The number of esters is 1. The van der Waals surface area contributed by atoms with E-state index in [0.29, 0.717) is 22.6 Å². The fourth-order valence-electron chi connectivity index (χ4n) is 2.78. The van der Waals surface area contributed by atoms with Gasteiger partial charge in [-0.2, -0.15) is 0 Å². The van der Waals surface area contributed by atoms with Crippen molar-refractivity contribution < 1.29 is 19.1 Å². The molecule has 0 aliphatic rings. The molecule has 0 radical (unpaired) electrons. The fourth-order valence-corrected chi connectivity index (χ4v) is 2.78. The van der Waals surface area contributed by atoms with Gasteiger partial charge in [-0.25, -0.2) is 4.79 Å². The molecule has 136 valence electrons. The van der Waals surface area contributed by atoms with Crippen molar-refractivity contribution in [3.63, 3.8) is 0 Å². The summed E-state index contributed by atoms with van der Waals surface area (Å²) in [5.74, 6) is -0.359. The lowest BCUT2D eigenvalue weighted by atomic mass is 9.99.